The molecule has 138 valence electrons. The van der Waals surface area contributed by atoms with Gasteiger partial charge in [0.25, 0.3) is 0 Å². The summed E-state index contributed by atoms with van der Waals surface area (Å²) in [4.78, 5) is 20.7. The summed E-state index contributed by atoms with van der Waals surface area (Å²) in [7, 11) is 0. The lowest BCUT2D eigenvalue weighted by Gasteiger charge is -2.06. The summed E-state index contributed by atoms with van der Waals surface area (Å²) < 4.78 is 29.3. The fraction of sp³-hybridized carbons (Fsp3) is 0. The second-order valence-electron chi connectivity index (χ2n) is 6.13. The number of aromatic nitrogens is 2. The van der Waals surface area contributed by atoms with Crippen LogP contribution in [0.2, 0.25) is 0 Å². The molecule has 0 aliphatic rings. The number of aromatic amines is 1. The molecule has 0 amide bonds. The molecule has 28 heavy (non-hydrogen) atoms. The van der Waals surface area contributed by atoms with Crippen molar-refractivity contribution in [3.05, 3.63) is 99.8 Å². The quantitative estimate of drug-likeness (QED) is 0.312. The van der Waals surface area contributed by atoms with Crippen LogP contribution in [0, 0.1) is 11.6 Å². The van der Waals surface area contributed by atoms with E-state index in [2.05, 4.69) is 25.9 Å². The Labute approximate surface area is 167 Å². The fourth-order valence-electron chi connectivity index (χ4n) is 2.87. The van der Waals surface area contributed by atoms with Gasteiger partial charge in [0, 0.05) is 15.6 Å². The van der Waals surface area contributed by atoms with Gasteiger partial charge in [0.2, 0.25) is 0 Å². The number of halogens is 3. The zero-order valence-electron chi connectivity index (χ0n) is 14.4. The fourth-order valence-corrected chi connectivity index (χ4v) is 3.14. The maximum absolute atomic E-state index is 14.2. The van der Waals surface area contributed by atoms with Gasteiger partial charge in [-0.05, 0) is 54.6 Å². The van der Waals surface area contributed by atoms with Crippen LogP contribution in [0.1, 0.15) is 21.7 Å². The number of nitrogens with zero attached hydrogens (tertiary/aromatic N) is 1. The van der Waals surface area contributed by atoms with Crippen molar-refractivity contribution < 1.29 is 13.6 Å². The summed E-state index contributed by atoms with van der Waals surface area (Å²) in [6.45, 7) is 0. The molecular formula is C22H13BrF2N2O. The van der Waals surface area contributed by atoms with Crippen molar-refractivity contribution in [3.63, 3.8) is 0 Å². The SMILES string of the molecule is O=C(C(=Cc1c(F)cccc1F)c1nc2ccccc2[nH]1)c1ccc(Br)cc1. The summed E-state index contributed by atoms with van der Waals surface area (Å²) >= 11 is 3.33. The second kappa shape index (κ2) is 7.48. The molecule has 1 N–H and O–H groups in total. The highest BCUT2D eigenvalue weighted by Crippen LogP contribution is 2.26. The van der Waals surface area contributed by atoms with E-state index in [4.69, 9.17) is 0 Å². The first-order valence-electron chi connectivity index (χ1n) is 8.44. The number of rotatable bonds is 4. The molecule has 0 fully saturated rings. The average Bonchev–Trinajstić information content (AvgIpc) is 3.12. The van der Waals surface area contributed by atoms with Gasteiger partial charge in [-0.2, -0.15) is 0 Å². The number of imidazole rings is 1. The number of ketones is 1. The Morgan fingerprint density at radius 3 is 2.29 bits per heavy atom. The van der Waals surface area contributed by atoms with E-state index in [9.17, 15) is 13.6 Å². The van der Waals surface area contributed by atoms with Crippen LogP contribution in [0.25, 0.3) is 22.7 Å². The number of H-pyrrole nitrogens is 1. The molecule has 0 aliphatic heterocycles. The molecule has 0 aliphatic carbocycles. The van der Waals surface area contributed by atoms with E-state index in [1.165, 1.54) is 12.1 Å². The molecule has 3 nitrogen and oxygen atoms in total. The Morgan fingerprint density at radius 1 is 0.929 bits per heavy atom. The van der Waals surface area contributed by atoms with Gasteiger partial charge in [0.05, 0.1) is 16.6 Å². The lowest BCUT2D eigenvalue weighted by atomic mass is 10.00. The van der Waals surface area contributed by atoms with Crippen molar-refractivity contribution in [2.24, 2.45) is 0 Å². The number of hydrogen-bond donors (Lipinski definition) is 1. The maximum atomic E-state index is 14.2. The number of Topliss-reactive ketones (excluding diaryl/α,β-unsaturated/α-hetero) is 1. The van der Waals surface area contributed by atoms with E-state index in [-0.39, 0.29) is 17.0 Å². The minimum Gasteiger partial charge on any atom is -0.338 e. The third kappa shape index (κ3) is 3.51. The zero-order valence-corrected chi connectivity index (χ0v) is 16.0. The highest BCUT2D eigenvalue weighted by Gasteiger charge is 2.20. The summed E-state index contributed by atoms with van der Waals surface area (Å²) in [6.07, 6.45) is 1.20. The standard InChI is InChI=1S/C22H13BrF2N2O/c23-14-10-8-13(9-11-14)21(28)16(12-15-17(24)4-3-5-18(15)25)22-26-19-6-1-2-7-20(19)27-22/h1-12H,(H,26,27). The summed E-state index contributed by atoms with van der Waals surface area (Å²) in [6, 6.07) is 17.6. The summed E-state index contributed by atoms with van der Waals surface area (Å²) in [5, 5.41) is 0. The smallest absolute Gasteiger partial charge is 0.196 e. The van der Waals surface area contributed by atoms with Gasteiger partial charge in [0.15, 0.2) is 5.78 Å². The normalized spacial score (nSPS) is 11.8. The number of nitrogens with one attached hydrogen (secondary N) is 1. The van der Waals surface area contributed by atoms with E-state index < -0.39 is 17.4 Å². The van der Waals surface area contributed by atoms with E-state index in [0.29, 0.717) is 11.1 Å². The van der Waals surface area contributed by atoms with Crippen LogP contribution in [0.5, 0.6) is 0 Å². The maximum Gasteiger partial charge on any atom is 0.196 e. The Kier molecular flexibility index (Phi) is 4.88. The lowest BCUT2D eigenvalue weighted by Crippen LogP contribution is -2.05. The van der Waals surface area contributed by atoms with Gasteiger partial charge in [0.1, 0.15) is 17.5 Å². The molecule has 0 bridgehead atoms. The summed E-state index contributed by atoms with van der Waals surface area (Å²) in [5.41, 5.74) is 1.54. The van der Waals surface area contributed by atoms with Crippen molar-refractivity contribution in [2.45, 2.75) is 0 Å². The van der Waals surface area contributed by atoms with E-state index in [1.54, 1.807) is 30.3 Å². The van der Waals surface area contributed by atoms with Crippen molar-refractivity contribution in [1.29, 1.82) is 0 Å². The molecule has 0 spiro atoms. The van der Waals surface area contributed by atoms with Crippen LogP contribution >= 0.6 is 15.9 Å². The van der Waals surface area contributed by atoms with Gasteiger partial charge in [-0.3, -0.25) is 4.79 Å². The minimum atomic E-state index is -0.753. The molecule has 4 rings (SSSR count). The van der Waals surface area contributed by atoms with E-state index in [0.717, 1.165) is 22.1 Å². The van der Waals surface area contributed by atoms with Crippen LogP contribution in [0.15, 0.2) is 71.2 Å². The predicted molar refractivity (Wildman–Crippen MR) is 109 cm³/mol. The number of hydrogen-bond acceptors (Lipinski definition) is 2. The van der Waals surface area contributed by atoms with Gasteiger partial charge in [-0.1, -0.05) is 34.1 Å². The van der Waals surface area contributed by atoms with Crippen LogP contribution in [-0.4, -0.2) is 15.8 Å². The van der Waals surface area contributed by atoms with Crippen LogP contribution in [-0.2, 0) is 0 Å². The Balaban J connectivity index is 1.91. The monoisotopic (exact) mass is 438 g/mol. The van der Waals surface area contributed by atoms with Gasteiger partial charge >= 0.3 is 0 Å². The molecule has 6 heteroatoms. The summed E-state index contributed by atoms with van der Waals surface area (Å²) in [5.74, 6) is -1.65. The van der Waals surface area contributed by atoms with Gasteiger partial charge in [-0.25, -0.2) is 13.8 Å². The number of benzene rings is 3. The molecule has 0 radical (unpaired) electrons. The molecule has 0 saturated heterocycles. The first kappa shape index (κ1) is 18.3. The van der Waals surface area contributed by atoms with Gasteiger partial charge in [-0.15, -0.1) is 0 Å². The van der Waals surface area contributed by atoms with Crippen molar-refractivity contribution in [2.75, 3.05) is 0 Å². The Bertz CT molecular complexity index is 1160. The van der Waals surface area contributed by atoms with E-state index >= 15 is 0 Å². The number of carbonyl (C=O) groups is 1. The van der Waals surface area contributed by atoms with Gasteiger partial charge < -0.3 is 4.98 Å². The third-order valence-electron chi connectivity index (χ3n) is 4.28. The molecule has 0 unspecified atom stereocenters. The molecule has 0 saturated carbocycles. The highest BCUT2D eigenvalue weighted by atomic mass is 79.9. The van der Waals surface area contributed by atoms with Crippen LogP contribution in [0.3, 0.4) is 0 Å². The first-order valence-corrected chi connectivity index (χ1v) is 9.23. The molecule has 3 aromatic carbocycles. The second-order valence-corrected chi connectivity index (χ2v) is 7.05. The molecule has 1 heterocycles. The topological polar surface area (TPSA) is 45.8 Å². The van der Waals surface area contributed by atoms with Crippen LogP contribution in [0.4, 0.5) is 8.78 Å². The van der Waals surface area contributed by atoms with Crippen molar-refractivity contribution >= 4 is 44.4 Å². The molecular weight excluding hydrogens is 426 g/mol. The Hall–Kier alpha value is -3.12. The first-order chi connectivity index (χ1) is 13.5. The van der Waals surface area contributed by atoms with E-state index in [1.807, 2.05) is 18.2 Å². The predicted octanol–water partition coefficient (Wildman–Crippen LogP) is 6.03. The van der Waals surface area contributed by atoms with Crippen LogP contribution < -0.4 is 0 Å². The number of fused-ring (bicyclic) bond motifs is 1. The van der Waals surface area contributed by atoms with Crippen molar-refractivity contribution in [3.8, 4) is 0 Å². The minimum absolute atomic E-state index is 0.0718. The largest absolute Gasteiger partial charge is 0.338 e. The average molecular weight is 439 g/mol. The number of allylic oxidation sites excluding steroid dienone is 1. The highest BCUT2D eigenvalue weighted by molar-refractivity contribution is 9.10. The number of carbonyl (C=O) groups excluding carboxylic acids is 1. The lowest BCUT2D eigenvalue weighted by molar-refractivity contribution is 0.105. The van der Waals surface area contributed by atoms with Crippen molar-refractivity contribution in [1.82, 2.24) is 9.97 Å². The third-order valence-corrected chi connectivity index (χ3v) is 4.81. The molecule has 4 aromatic rings. The zero-order chi connectivity index (χ0) is 19.7. The Morgan fingerprint density at radius 2 is 1.61 bits per heavy atom. The number of para-hydroxylation sites is 2. The molecule has 0 atom stereocenters. The molecule has 1 aromatic heterocycles.